The molecule has 1 aromatic carbocycles. The lowest BCUT2D eigenvalue weighted by molar-refractivity contribution is 0.244. The number of hydrogen-bond donors (Lipinski definition) is 2. The second-order valence-electron chi connectivity index (χ2n) is 6.14. The Labute approximate surface area is 119 Å². The van der Waals surface area contributed by atoms with Crippen LogP contribution in [0.4, 0.5) is 10.1 Å². The van der Waals surface area contributed by atoms with Gasteiger partial charge in [-0.3, -0.25) is 0 Å². The van der Waals surface area contributed by atoms with E-state index in [0.29, 0.717) is 18.5 Å². The smallest absolute Gasteiger partial charge is 0.123 e. The highest BCUT2D eigenvalue weighted by Crippen LogP contribution is 2.32. The fraction of sp³-hybridized carbons (Fsp3) is 0.625. The van der Waals surface area contributed by atoms with Gasteiger partial charge in [0, 0.05) is 24.8 Å². The van der Waals surface area contributed by atoms with Gasteiger partial charge in [-0.2, -0.15) is 0 Å². The molecule has 2 aliphatic rings. The van der Waals surface area contributed by atoms with E-state index in [1.807, 2.05) is 6.07 Å². The van der Waals surface area contributed by atoms with Gasteiger partial charge in [-0.25, -0.2) is 4.39 Å². The summed E-state index contributed by atoms with van der Waals surface area (Å²) in [5.74, 6) is 0.295. The molecule has 1 heterocycles. The third kappa shape index (κ3) is 2.81. The van der Waals surface area contributed by atoms with Gasteiger partial charge in [0.25, 0.3) is 0 Å². The predicted molar refractivity (Wildman–Crippen MR) is 78.3 cm³/mol. The summed E-state index contributed by atoms with van der Waals surface area (Å²) in [5, 5.41) is 13.1. The molecule has 1 saturated carbocycles. The monoisotopic (exact) mass is 278 g/mol. The van der Waals surface area contributed by atoms with E-state index in [0.717, 1.165) is 24.2 Å². The zero-order valence-corrected chi connectivity index (χ0v) is 12.0. The standard InChI is InChI=1S/C16H23FN2O/c1-11-6-7-19(16(11)10-20)15-5-2-13(17)8-12(15)9-18-14-3-4-14/h2,5,8,11,14,16,18,20H,3-4,6-7,9-10H2,1H3. The van der Waals surface area contributed by atoms with Crippen molar-refractivity contribution in [2.75, 3.05) is 18.1 Å². The molecule has 2 unspecified atom stereocenters. The topological polar surface area (TPSA) is 35.5 Å². The molecule has 0 aromatic heterocycles. The molecule has 0 radical (unpaired) electrons. The van der Waals surface area contributed by atoms with E-state index in [9.17, 15) is 9.50 Å². The van der Waals surface area contributed by atoms with E-state index in [1.54, 1.807) is 6.07 Å². The first-order valence-electron chi connectivity index (χ1n) is 7.58. The first kappa shape index (κ1) is 13.8. The zero-order chi connectivity index (χ0) is 14.1. The summed E-state index contributed by atoms with van der Waals surface area (Å²) in [7, 11) is 0. The van der Waals surface area contributed by atoms with E-state index in [2.05, 4.69) is 17.1 Å². The van der Waals surface area contributed by atoms with Crippen LogP contribution >= 0.6 is 0 Å². The molecule has 3 rings (SSSR count). The summed E-state index contributed by atoms with van der Waals surface area (Å²) < 4.78 is 13.5. The highest BCUT2D eigenvalue weighted by Gasteiger charge is 2.32. The number of rotatable bonds is 5. The number of anilines is 1. The van der Waals surface area contributed by atoms with Crippen molar-refractivity contribution < 1.29 is 9.50 Å². The molecular weight excluding hydrogens is 255 g/mol. The molecule has 1 aliphatic heterocycles. The van der Waals surface area contributed by atoms with Crippen LogP contribution in [0, 0.1) is 11.7 Å². The maximum atomic E-state index is 13.5. The minimum Gasteiger partial charge on any atom is -0.394 e. The molecule has 20 heavy (non-hydrogen) atoms. The fourth-order valence-electron chi connectivity index (χ4n) is 3.10. The third-order valence-corrected chi connectivity index (χ3v) is 4.58. The molecule has 4 heteroatoms. The van der Waals surface area contributed by atoms with E-state index >= 15 is 0 Å². The first-order chi connectivity index (χ1) is 9.69. The number of halogens is 1. The molecule has 2 atom stereocenters. The Morgan fingerprint density at radius 1 is 1.35 bits per heavy atom. The van der Waals surface area contributed by atoms with E-state index in [-0.39, 0.29) is 18.5 Å². The number of aliphatic hydroxyl groups excluding tert-OH is 1. The molecule has 3 nitrogen and oxygen atoms in total. The van der Waals surface area contributed by atoms with Crippen LogP contribution in [-0.4, -0.2) is 30.3 Å². The minimum absolute atomic E-state index is 0.153. The average molecular weight is 278 g/mol. The lowest BCUT2D eigenvalue weighted by Crippen LogP contribution is -2.36. The number of hydrogen-bond acceptors (Lipinski definition) is 3. The Morgan fingerprint density at radius 2 is 2.15 bits per heavy atom. The van der Waals surface area contributed by atoms with Crippen molar-refractivity contribution in [2.24, 2.45) is 5.92 Å². The van der Waals surface area contributed by atoms with Gasteiger partial charge in [-0.15, -0.1) is 0 Å². The van der Waals surface area contributed by atoms with Gasteiger partial charge in [-0.1, -0.05) is 6.92 Å². The van der Waals surface area contributed by atoms with Crippen LogP contribution in [0.5, 0.6) is 0 Å². The zero-order valence-electron chi connectivity index (χ0n) is 12.0. The molecule has 2 fully saturated rings. The highest BCUT2D eigenvalue weighted by molar-refractivity contribution is 5.55. The average Bonchev–Trinajstić information content (AvgIpc) is 3.19. The van der Waals surface area contributed by atoms with Crippen molar-refractivity contribution >= 4 is 5.69 Å². The van der Waals surface area contributed by atoms with Gasteiger partial charge in [0.15, 0.2) is 0 Å². The molecule has 0 amide bonds. The summed E-state index contributed by atoms with van der Waals surface area (Å²) in [4.78, 5) is 2.24. The Balaban J connectivity index is 1.83. The number of nitrogens with zero attached hydrogens (tertiary/aromatic N) is 1. The molecule has 0 spiro atoms. The Morgan fingerprint density at radius 3 is 2.85 bits per heavy atom. The van der Waals surface area contributed by atoms with Crippen LogP contribution in [0.15, 0.2) is 18.2 Å². The minimum atomic E-state index is -0.186. The summed E-state index contributed by atoms with van der Waals surface area (Å²) in [6.45, 7) is 3.98. The second-order valence-corrected chi connectivity index (χ2v) is 6.14. The third-order valence-electron chi connectivity index (χ3n) is 4.58. The van der Waals surface area contributed by atoms with Crippen LogP contribution in [-0.2, 0) is 6.54 Å². The Bertz CT molecular complexity index is 476. The molecule has 2 N–H and O–H groups in total. The molecular formula is C16H23FN2O. The Kier molecular flexibility index (Phi) is 3.94. The van der Waals surface area contributed by atoms with Crippen LogP contribution in [0.25, 0.3) is 0 Å². The van der Waals surface area contributed by atoms with Crippen LogP contribution in [0.3, 0.4) is 0 Å². The van der Waals surface area contributed by atoms with Crippen molar-refractivity contribution in [1.29, 1.82) is 0 Å². The van der Waals surface area contributed by atoms with Gasteiger partial charge in [0.05, 0.1) is 12.6 Å². The number of benzene rings is 1. The lowest BCUT2D eigenvalue weighted by Gasteiger charge is -2.29. The summed E-state index contributed by atoms with van der Waals surface area (Å²) in [6.07, 6.45) is 3.54. The number of aliphatic hydroxyl groups is 1. The molecule has 1 aliphatic carbocycles. The van der Waals surface area contributed by atoms with Crippen molar-refractivity contribution in [3.05, 3.63) is 29.6 Å². The molecule has 0 bridgehead atoms. The quantitative estimate of drug-likeness (QED) is 0.867. The Hall–Kier alpha value is -1.13. The number of nitrogens with one attached hydrogen (secondary N) is 1. The van der Waals surface area contributed by atoms with Crippen molar-refractivity contribution in [3.8, 4) is 0 Å². The lowest BCUT2D eigenvalue weighted by atomic mass is 10.0. The van der Waals surface area contributed by atoms with Crippen LogP contribution < -0.4 is 10.2 Å². The maximum Gasteiger partial charge on any atom is 0.123 e. The van der Waals surface area contributed by atoms with Crippen molar-refractivity contribution in [1.82, 2.24) is 5.32 Å². The van der Waals surface area contributed by atoms with Gasteiger partial charge in [-0.05, 0) is 48.9 Å². The first-order valence-corrected chi connectivity index (χ1v) is 7.58. The molecule has 110 valence electrons. The molecule has 1 aromatic rings. The summed E-state index contributed by atoms with van der Waals surface area (Å²) >= 11 is 0. The van der Waals surface area contributed by atoms with E-state index in [1.165, 1.54) is 18.9 Å². The largest absolute Gasteiger partial charge is 0.394 e. The maximum absolute atomic E-state index is 13.5. The summed E-state index contributed by atoms with van der Waals surface area (Å²) in [6, 6.07) is 5.77. The summed E-state index contributed by atoms with van der Waals surface area (Å²) in [5.41, 5.74) is 2.08. The van der Waals surface area contributed by atoms with E-state index < -0.39 is 0 Å². The second kappa shape index (κ2) is 5.70. The molecule has 1 saturated heterocycles. The van der Waals surface area contributed by atoms with Crippen molar-refractivity contribution in [2.45, 2.75) is 44.8 Å². The highest BCUT2D eigenvalue weighted by atomic mass is 19.1. The van der Waals surface area contributed by atoms with Gasteiger partial charge < -0.3 is 15.3 Å². The van der Waals surface area contributed by atoms with Gasteiger partial charge in [0.1, 0.15) is 5.82 Å². The van der Waals surface area contributed by atoms with E-state index in [4.69, 9.17) is 0 Å². The van der Waals surface area contributed by atoms with Gasteiger partial charge >= 0.3 is 0 Å². The fourth-order valence-corrected chi connectivity index (χ4v) is 3.10. The van der Waals surface area contributed by atoms with Crippen LogP contribution in [0.1, 0.15) is 31.7 Å². The SMILES string of the molecule is CC1CCN(c2ccc(F)cc2CNC2CC2)C1CO. The predicted octanol–water partition coefficient (Wildman–Crippen LogP) is 2.28. The van der Waals surface area contributed by atoms with Crippen molar-refractivity contribution in [3.63, 3.8) is 0 Å². The van der Waals surface area contributed by atoms with Gasteiger partial charge in [0.2, 0.25) is 0 Å². The normalized spacial score (nSPS) is 26.2. The van der Waals surface area contributed by atoms with Crippen LogP contribution in [0.2, 0.25) is 0 Å².